The Bertz CT molecular complexity index is 1110. The third-order valence-corrected chi connectivity index (χ3v) is 6.41. The molecule has 4 rings (SSSR count). The average molecular weight is 420 g/mol. The number of rotatable bonds is 5. The van der Waals surface area contributed by atoms with Crippen LogP contribution in [-0.2, 0) is 30.7 Å². The van der Waals surface area contributed by atoms with Crippen LogP contribution in [-0.4, -0.2) is 17.4 Å². The van der Waals surface area contributed by atoms with Crippen LogP contribution in [0.2, 0.25) is 0 Å². The van der Waals surface area contributed by atoms with E-state index in [9.17, 15) is 14.4 Å². The van der Waals surface area contributed by atoms with E-state index in [1.807, 2.05) is 37.3 Å². The van der Waals surface area contributed by atoms with Gasteiger partial charge in [0.1, 0.15) is 16.9 Å². The van der Waals surface area contributed by atoms with E-state index in [1.54, 1.807) is 12.1 Å². The van der Waals surface area contributed by atoms with Crippen LogP contribution in [0.15, 0.2) is 48.5 Å². The van der Waals surface area contributed by atoms with Gasteiger partial charge >= 0.3 is 0 Å². The van der Waals surface area contributed by atoms with Gasteiger partial charge in [0, 0.05) is 24.5 Å². The first-order valence-corrected chi connectivity index (χ1v) is 10.7. The van der Waals surface area contributed by atoms with E-state index in [1.165, 1.54) is 17.4 Å². The average Bonchev–Trinajstić information content (AvgIpc) is 3.05. The SMILES string of the molecule is Cc1ccc(CC(=O)Nc2sc3c(c2C#N)CCN(Cc2cccc(F)c2)C3)cc1. The molecule has 1 aliphatic rings. The smallest absolute Gasteiger partial charge is 0.229 e. The molecule has 1 aliphatic heterocycles. The molecular weight excluding hydrogens is 397 g/mol. The fraction of sp³-hybridized carbons (Fsp3) is 0.250. The third-order valence-electron chi connectivity index (χ3n) is 5.28. The number of nitriles is 1. The number of benzene rings is 2. The van der Waals surface area contributed by atoms with Gasteiger partial charge in [0.15, 0.2) is 0 Å². The number of carbonyl (C=O) groups excluding carboxylic acids is 1. The highest BCUT2D eigenvalue weighted by molar-refractivity contribution is 7.16. The van der Waals surface area contributed by atoms with Crippen molar-refractivity contribution in [2.45, 2.75) is 32.9 Å². The largest absolute Gasteiger partial charge is 0.316 e. The van der Waals surface area contributed by atoms with Crippen molar-refractivity contribution in [3.8, 4) is 6.07 Å². The molecule has 2 aromatic carbocycles. The van der Waals surface area contributed by atoms with Gasteiger partial charge in [-0.05, 0) is 42.2 Å². The Morgan fingerprint density at radius 1 is 1.23 bits per heavy atom. The summed E-state index contributed by atoms with van der Waals surface area (Å²) in [6, 6.07) is 16.8. The number of hydrogen-bond donors (Lipinski definition) is 1. The highest BCUT2D eigenvalue weighted by Crippen LogP contribution is 2.37. The van der Waals surface area contributed by atoms with E-state index in [2.05, 4.69) is 16.3 Å². The summed E-state index contributed by atoms with van der Waals surface area (Å²) in [6.07, 6.45) is 1.03. The van der Waals surface area contributed by atoms with Crippen LogP contribution < -0.4 is 5.32 Å². The standard InChI is InChI=1S/C24H22FN3OS/c1-16-5-7-17(8-6-16)12-23(29)27-24-21(13-26)20-9-10-28(15-22(20)30-24)14-18-3-2-4-19(25)11-18/h2-8,11H,9-10,12,14-15H2,1H3,(H,27,29). The van der Waals surface area contributed by atoms with Gasteiger partial charge in [0.2, 0.25) is 5.91 Å². The molecule has 1 amide bonds. The topological polar surface area (TPSA) is 56.1 Å². The molecule has 0 radical (unpaired) electrons. The maximum Gasteiger partial charge on any atom is 0.229 e. The Hall–Kier alpha value is -3.01. The summed E-state index contributed by atoms with van der Waals surface area (Å²) in [5.41, 5.74) is 4.64. The molecule has 0 spiro atoms. The van der Waals surface area contributed by atoms with Crippen molar-refractivity contribution in [1.29, 1.82) is 5.26 Å². The minimum Gasteiger partial charge on any atom is -0.316 e. The summed E-state index contributed by atoms with van der Waals surface area (Å²) in [7, 11) is 0. The van der Waals surface area contributed by atoms with Crippen molar-refractivity contribution >= 4 is 22.2 Å². The number of nitrogens with one attached hydrogen (secondary N) is 1. The molecule has 2 heterocycles. The van der Waals surface area contributed by atoms with Gasteiger partial charge in [-0.3, -0.25) is 9.69 Å². The molecular formula is C24H22FN3OS. The molecule has 1 aromatic heterocycles. The molecule has 0 aliphatic carbocycles. The fourth-order valence-electron chi connectivity index (χ4n) is 3.75. The summed E-state index contributed by atoms with van der Waals surface area (Å²) < 4.78 is 13.5. The second-order valence-electron chi connectivity index (χ2n) is 7.62. The Morgan fingerprint density at radius 2 is 2.03 bits per heavy atom. The molecule has 0 bridgehead atoms. The number of nitrogens with zero attached hydrogens (tertiary/aromatic N) is 2. The number of carbonyl (C=O) groups is 1. The van der Waals surface area contributed by atoms with Crippen molar-refractivity contribution in [3.05, 3.63) is 87.0 Å². The number of amides is 1. The zero-order valence-electron chi connectivity index (χ0n) is 16.7. The number of fused-ring (bicyclic) bond motifs is 1. The molecule has 0 atom stereocenters. The van der Waals surface area contributed by atoms with Crippen LogP contribution in [0.5, 0.6) is 0 Å². The molecule has 0 saturated heterocycles. The second-order valence-corrected chi connectivity index (χ2v) is 8.73. The molecule has 3 aromatic rings. The Labute approximate surface area is 179 Å². The highest BCUT2D eigenvalue weighted by Gasteiger charge is 2.25. The minimum atomic E-state index is -0.230. The van der Waals surface area contributed by atoms with Crippen LogP contribution in [0, 0.1) is 24.1 Å². The molecule has 1 N–H and O–H groups in total. The van der Waals surface area contributed by atoms with E-state index in [0.29, 0.717) is 23.7 Å². The predicted octanol–water partition coefficient (Wildman–Crippen LogP) is 4.81. The number of anilines is 1. The van der Waals surface area contributed by atoms with Crippen molar-refractivity contribution in [3.63, 3.8) is 0 Å². The third kappa shape index (κ3) is 4.59. The van der Waals surface area contributed by atoms with E-state index >= 15 is 0 Å². The van der Waals surface area contributed by atoms with E-state index in [-0.39, 0.29) is 18.1 Å². The van der Waals surface area contributed by atoms with Crippen LogP contribution in [0.4, 0.5) is 9.39 Å². The molecule has 0 saturated carbocycles. The first kappa shape index (κ1) is 20.3. The number of halogens is 1. The zero-order valence-corrected chi connectivity index (χ0v) is 17.6. The number of aryl methyl sites for hydroxylation is 1. The van der Waals surface area contributed by atoms with Gasteiger partial charge in [-0.25, -0.2) is 4.39 Å². The highest BCUT2D eigenvalue weighted by atomic mass is 32.1. The van der Waals surface area contributed by atoms with Crippen molar-refractivity contribution < 1.29 is 9.18 Å². The lowest BCUT2D eigenvalue weighted by Gasteiger charge is -2.26. The van der Waals surface area contributed by atoms with E-state index < -0.39 is 0 Å². The lowest BCUT2D eigenvalue weighted by atomic mass is 10.0. The van der Waals surface area contributed by atoms with E-state index in [4.69, 9.17) is 0 Å². The van der Waals surface area contributed by atoms with Crippen molar-refractivity contribution in [2.75, 3.05) is 11.9 Å². The van der Waals surface area contributed by atoms with Crippen LogP contribution in [0.1, 0.15) is 32.7 Å². The second kappa shape index (κ2) is 8.78. The van der Waals surface area contributed by atoms with Crippen molar-refractivity contribution in [1.82, 2.24) is 4.90 Å². The summed E-state index contributed by atoms with van der Waals surface area (Å²) in [5, 5.41) is 13.3. The summed E-state index contributed by atoms with van der Waals surface area (Å²) >= 11 is 1.48. The van der Waals surface area contributed by atoms with E-state index in [0.717, 1.165) is 40.1 Å². The first-order valence-electron chi connectivity index (χ1n) is 9.88. The maximum absolute atomic E-state index is 13.5. The van der Waals surface area contributed by atoms with Gasteiger partial charge in [-0.1, -0.05) is 42.0 Å². The molecule has 0 unspecified atom stereocenters. The summed E-state index contributed by atoms with van der Waals surface area (Å²) in [5.74, 6) is -0.350. The lowest BCUT2D eigenvalue weighted by Crippen LogP contribution is -2.29. The molecule has 6 heteroatoms. The fourth-order valence-corrected chi connectivity index (χ4v) is 5.01. The first-order chi connectivity index (χ1) is 14.5. The van der Waals surface area contributed by atoms with Gasteiger partial charge in [0.05, 0.1) is 12.0 Å². The summed E-state index contributed by atoms with van der Waals surface area (Å²) in [6.45, 7) is 4.16. The number of hydrogen-bond acceptors (Lipinski definition) is 4. The van der Waals surface area contributed by atoms with Crippen LogP contribution in [0.3, 0.4) is 0 Å². The zero-order chi connectivity index (χ0) is 21.1. The van der Waals surface area contributed by atoms with Crippen molar-refractivity contribution in [2.24, 2.45) is 0 Å². The Kier molecular flexibility index (Phi) is 5.93. The monoisotopic (exact) mass is 419 g/mol. The molecule has 0 fully saturated rings. The van der Waals surface area contributed by atoms with Gasteiger partial charge in [-0.15, -0.1) is 11.3 Å². The van der Waals surface area contributed by atoms with Crippen LogP contribution >= 0.6 is 11.3 Å². The minimum absolute atomic E-state index is 0.120. The Balaban J connectivity index is 1.46. The molecule has 30 heavy (non-hydrogen) atoms. The van der Waals surface area contributed by atoms with Gasteiger partial charge in [0.25, 0.3) is 0 Å². The van der Waals surface area contributed by atoms with Crippen LogP contribution in [0.25, 0.3) is 0 Å². The lowest BCUT2D eigenvalue weighted by molar-refractivity contribution is -0.115. The Morgan fingerprint density at radius 3 is 2.77 bits per heavy atom. The maximum atomic E-state index is 13.5. The quantitative estimate of drug-likeness (QED) is 0.646. The van der Waals surface area contributed by atoms with Gasteiger partial charge in [-0.2, -0.15) is 5.26 Å². The molecule has 152 valence electrons. The number of thiophene rings is 1. The van der Waals surface area contributed by atoms with Gasteiger partial charge < -0.3 is 5.32 Å². The predicted molar refractivity (Wildman–Crippen MR) is 117 cm³/mol. The molecule has 4 nitrogen and oxygen atoms in total. The summed E-state index contributed by atoms with van der Waals surface area (Å²) in [4.78, 5) is 15.9. The normalized spacial score (nSPS) is 13.5.